The molecule has 9 nitrogen and oxygen atoms in total. The van der Waals surface area contributed by atoms with Crippen LogP contribution >= 0.6 is 12.4 Å². The van der Waals surface area contributed by atoms with E-state index in [9.17, 15) is 28.4 Å². The number of halogens is 1. The van der Waals surface area contributed by atoms with E-state index in [0.717, 1.165) is 5.56 Å². The van der Waals surface area contributed by atoms with Crippen molar-refractivity contribution in [1.82, 2.24) is 9.97 Å². The molecule has 11 heteroatoms. The highest BCUT2D eigenvalue weighted by Crippen LogP contribution is 2.33. The zero-order valence-electron chi connectivity index (χ0n) is 23.3. The van der Waals surface area contributed by atoms with Gasteiger partial charge in [-0.15, -0.1) is 12.4 Å². The molecule has 0 amide bonds. The second-order valence-corrected chi connectivity index (χ2v) is 11.8. The molecule has 0 atom stereocenters. The molecule has 2 aromatic heterocycles. The molecule has 5 aromatic rings. The Kier molecular flexibility index (Phi) is 9.49. The number of sulfonamides is 1. The van der Waals surface area contributed by atoms with Gasteiger partial charge in [0, 0.05) is 53.1 Å². The van der Waals surface area contributed by atoms with Crippen LogP contribution in [0.5, 0.6) is 0 Å². The minimum absolute atomic E-state index is 0. The summed E-state index contributed by atoms with van der Waals surface area (Å²) < 4.78 is 29.5. The van der Waals surface area contributed by atoms with Crippen molar-refractivity contribution in [3.8, 4) is 6.07 Å². The van der Waals surface area contributed by atoms with E-state index in [1.54, 1.807) is 61.5 Å². The van der Waals surface area contributed by atoms with E-state index in [1.807, 2.05) is 12.1 Å². The molecule has 0 saturated carbocycles. The van der Waals surface area contributed by atoms with E-state index in [4.69, 9.17) is 0 Å². The molecule has 0 spiro atoms. The lowest BCUT2D eigenvalue weighted by molar-refractivity contribution is -0.137. The summed E-state index contributed by atoms with van der Waals surface area (Å²) in [5.74, 6) is -1.16. The standard InChI is InChI=1S/C32H28N4O5S.ClH/c1-21-31(28(37)16-13-22-7-2-3-8-24(22)20-33)26-19-25(14-15-27(26)35-21)36(18-6-12-30(38)39)42(40,41)29-11-4-9-23-10-5-17-34-32(23)29;/h2-5,7-11,14-15,17,19,35H,6,12-13,16,18H2,1H3,(H,38,39);1H. The van der Waals surface area contributed by atoms with E-state index >= 15 is 0 Å². The molecular formula is C32H29ClN4O5S. The molecule has 220 valence electrons. The first-order valence-electron chi connectivity index (χ1n) is 13.4. The van der Waals surface area contributed by atoms with Gasteiger partial charge < -0.3 is 10.1 Å². The summed E-state index contributed by atoms with van der Waals surface area (Å²) in [5, 5.41) is 19.9. The number of nitrogens with zero attached hydrogens (tertiary/aromatic N) is 3. The van der Waals surface area contributed by atoms with Gasteiger partial charge in [0.05, 0.1) is 22.8 Å². The first kappa shape index (κ1) is 31.2. The Balaban J connectivity index is 0.00000423. The van der Waals surface area contributed by atoms with Crippen LogP contribution in [0.3, 0.4) is 0 Å². The third-order valence-corrected chi connectivity index (χ3v) is 9.07. The summed E-state index contributed by atoms with van der Waals surface area (Å²) in [6, 6.07) is 22.7. The molecule has 0 fully saturated rings. The molecule has 0 saturated heterocycles. The lowest BCUT2D eigenvalue weighted by Gasteiger charge is -2.25. The van der Waals surface area contributed by atoms with Crippen LogP contribution < -0.4 is 4.31 Å². The topological polar surface area (TPSA) is 144 Å². The van der Waals surface area contributed by atoms with Crippen LogP contribution in [0, 0.1) is 18.3 Å². The Morgan fingerprint density at radius 2 is 1.79 bits per heavy atom. The zero-order chi connectivity index (χ0) is 29.9. The van der Waals surface area contributed by atoms with Gasteiger partial charge in [0.25, 0.3) is 10.0 Å². The van der Waals surface area contributed by atoms with Gasteiger partial charge in [-0.3, -0.25) is 18.9 Å². The van der Waals surface area contributed by atoms with Gasteiger partial charge in [-0.25, -0.2) is 8.42 Å². The summed E-state index contributed by atoms with van der Waals surface area (Å²) in [5.41, 5.74) is 3.71. The second-order valence-electron chi connectivity index (χ2n) is 9.95. The normalized spacial score (nSPS) is 11.2. The number of H-pyrrole nitrogens is 1. The number of pyridine rings is 1. The quantitative estimate of drug-likeness (QED) is 0.168. The van der Waals surface area contributed by atoms with Gasteiger partial charge >= 0.3 is 5.97 Å². The Morgan fingerprint density at radius 3 is 2.56 bits per heavy atom. The van der Waals surface area contributed by atoms with E-state index in [0.29, 0.717) is 50.7 Å². The van der Waals surface area contributed by atoms with E-state index < -0.39 is 16.0 Å². The number of nitriles is 1. The van der Waals surface area contributed by atoms with Gasteiger partial charge in [0.1, 0.15) is 4.90 Å². The Labute approximate surface area is 255 Å². The fourth-order valence-corrected chi connectivity index (χ4v) is 6.88. The maximum absolute atomic E-state index is 14.1. The predicted molar refractivity (Wildman–Crippen MR) is 167 cm³/mol. The minimum atomic E-state index is -4.18. The number of carboxylic acid groups (broad SMARTS) is 1. The summed E-state index contributed by atoms with van der Waals surface area (Å²) in [4.78, 5) is 32.3. The molecule has 0 aliphatic heterocycles. The number of carboxylic acids is 1. The first-order chi connectivity index (χ1) is 20.2. The van der Waals surface area contributed by atoms with Crippen LogP contribution in [0.2, 0.25) is 0 Å². The zero-order valence-corrected chi connectivity index (χ0v) is 24.9. The monoisotopic (exact) mass is 616 g/mol. The number of para-hydroxylation sites is 1. The van der Waals surface area contributed by atoms with Crippen molar-refractivity contribution in [1.29, 1.82) is 5.26 Å². The van der Waals surface area contributed by atoms with Crippen molar-refractivity contribution in [3.63, 3.8) is 0 Å². The van der Waals surface area contributed by atoms with Gasteiger partial charge in [-0.1, -0.05) is 36.4 Å². The lowest BCUT2D eigenvalue weighted by Crippen LogP contribution is -2.32. The van der Waals surface area contributed by atoms with Crippen molar-refractivity contribution in [2.45, 2.75) is 37.5 Å². The summed E-state index contributed by atoms with van der Waals surface area (Å²) in [7, 11) is -4.18. The number of anilines is 1. The van der Waals surface area contributed by atoms with Gasteiger partial charge in [-0.05, 0) is 61.7 Å². The molecule has 2 heterocycles. The van der Waals surface area contributed by atoms with Gasteiger partial charge in [-0.2, -0.15) is 5.26 Å². The van der Waals surface area contributed by atoms with Crippen LogP contribution in [0.4, 0.5) is 5.69 Å². The predicted octanol–water partition coefficient (Wildman–Crippen LogP) is 6.19. The Morgan fingerprint density at radius 1 is 1.02 bits per heavy atom. The van der Waals surface area contributed by atoms with Gasteiger partial charge in [0.15, 0.2) is 5.78 Å². The Bertz CT molecular complexity index is 1980. The number of aromatic amines is 1. The van der Waals surface area contributed by atoms with Gasteiger partial charge in [0.2, 0.25) is 0 Å². The van der Waals surface area contributed by atoms with E-state index in [1.165, 1.54) is 16.6 Å². The molecule has 0 unspecified atom stereocenters. The molecule has 0 aliphatic carbocycles. The molecule has 5 rings (SSSR count). The number of carbonyl (C=O) groups is 2. The number of aryl methyl sites for hydroxylation is 2. The van der Waals surface area contributed by atoms with Crippen molar-refractivity contribution in [3.05, 3.63) is 101 Å². The van der Waals surface area contributed by atoms with E-state index in [-0.39, 0.29) is 48.9 Å². The molecule has 43 heavy (non-hydrogen) atoms. The number of Topliss-reactive ketones (excluding diaryl/α,β-unsaturated/α-hetero) is 1. The maximum atomic E-state index is 14.1. The van der Waals surface area contributed by atoms with Crippen LogP contribution in [-0.4, -0.2) is 41.8 Å². The highest BCUT2D eigenvalue weighted by Gasteiger charge is 2.28. The van der Waals surface area contributed by atoms with Crippen LogP contribution in [0.1, 0.15) is 46.4 Å². The molecule has 0 radical (unpaired) electrons. The number of aromatic nitrogens is 2. The fraction of sp³-hybridized carbons (Fsp3) is 0.188. The molecule has 3 aromatic carbocycles. The van der Waals surface area contributed by atoms with Crippen LogP contribution in [-0.2, 0) is 21.2 Å². The minimum Gasteiger partial charge on any atom is -0.481 e. The lowest BCUT2D eigenvalue weighted by atomic mass is 9.98. The average Bonchev–Trinajstić information content (AvgIpc) is 3.32. The third kappa shape index (κ3) is 6.38. The SMILES string of the molecule is Cc1[nH]c2ccc(N(CCCC(=O)O)S(=O)(=O)c3cccc4cccnc34)cc2c1C(=O)CCc1ccccc1C#N.Cl. The number of benzene rings is 3. The van der Waals surface area contributed by atoms with Crippen molar-refractivity contribution in [2.75, 3.05) is 10.8 Å². The maximum Gasteiger partial charge on any atom is 0.303 e. The Hall–Kier alpha value is -4.72. The summed E-state index contributed by atoms with van der Waals surface area (Å²) in [6.07, 6.45) is 1.95. The first-order valence-corrected chi connectivity index (χ1v) is 14.9. The number of hydrogen-bond donors (Lipinski definition) is 2. The highest BCUT2D eigenvalue weighted by molar-refractivity contribution is 7.93. The van der Waals surface area contributed by atoms with Crippen LogP contribution in [0.15, 0.2) is 83.9 Å². The molecule has 0 aliphatic rings. The largest absolute Gasteiger partial charge is 0.481 e. The molecular weight excluding hydrogens is 588 g/mol. The highest BCUT2D eigenvalue weighted by atomic mass is 35.5. The summed E-state index contributed by atoms with van der Waals surface area (Å²) in [6.45, 7) is 1.71. The summed E-state index contributed by atoms with van der Waals surface area (Å²) >= 11 is 0. The van der Waals surface area contributed by atoms with Crippen LogP contribution in [0.25, 0.3) is 21.8 Å². The fourth-order valence-electron chi connectivity index (χ4n) is 5.21. The number of fused-ring (bicyclic) bond motifs is 2. The number of carbonyl (C=O) groups excluding carboxylic acids is 1. The number of hydrogen-bond acceptors (Lipinski definition) is 6. The molecule has 0 bridgehead atoms. The third-order valence-electron chi connectivity index (χ3n) is 7.21. The smallest absolute Gasteiger partial charge is 0.303 e. The number of aliphatic carboxylic acids is 1. The number of ketones is 1. The van der Waals surface area contributed by atoms with E-state index in [2.05, 4.69) is 16.0 Å². The van der Waals surface area contributed by atoms with Crippen molar-refractivity contribution in [2.24, 2.45) is 0 Å². The second kappa shape index (κ2) is 13.1. The van der Waals surface area contributed by atoms with Crippen molar-refractivity contribution < 1.29 is 23.1 Å². The number of nitrogens with one attached hydrogen (secondary N) is 1. The molecule has 2 N–H and O–H groups in total. The average molecular weight is 617 g/mol. The van der Waals surface area contributed by atoms with Crippen molar-refractivity contribution >= 4 is 61.7 Å². The number of rotatable bonds is 11.